The van der Waals surface area contributed by atoms with Crippen LogP contribution < -0.4 is 10.6 Å². The number of nitrogens with one attached hydrogen (secondary N) is 2. The van der Waals surface area contributed by atoms with Gasteiger partial charge in [0.2, 0.25) is 11.8 Å². The van der Waals surface area contributed by atoms with Gasteiger partial charge < -0.3 is 20.1 Å². The van der Waals surface area contributed by atoms with E-state index in [-0.39, 0.29) is 39.4 Å². The Morgan fingerprint density at radius 2 is 1.06 bits per heavy atom. The van der Waals surface area contributed by atoms with Crippen molar-refractivity contribution < 1.29 is 28.7 Å². The molecule has 2 aromatic carbocycles. The Hall–Kier alpha value is -3.72. The molecule has 0 fully saturated rings. The summed E-state index contributed by atoms with van der Waals surface area (Å²) in [4.78, 5) is 48.8. The molecule has 0 saturated heterocycles. The lowest BCUT2D eigenvalue weighted by Gasteiger charge is -2.15. The van der Waals surface area contributed by atoms with Crippen molar-refractivity contribution in [3.63, 3.8) is 0 Å². The van der Waals surface area contributed by atoms with Crippen LogP contribution in [0.15, 0.2) is 60.7 Å². The molecule has 0 bridgehead atoms. The molecule has 0 saturated carbocycles. The number of esters is 2. The molecule has 32 heavy (non-hydrogen) atoms. The molecule has 2 rings (SSSR count). The van der Waals surface area contributed by atoms with E-state index < -0.39 is 23.8 Å². The minimum Gasteiger partial charge on any atom is -0.460 e. The number of nitrogens with zero attached hydrogens (tertiary/aromatic N) is 1. The van der Waals surface area contributed by atoms with Crippen LogP contribution in [-0.4, -0.2) is 61.9 Å². The molecule has 0 aliphatic carbocycles. The predicted molar refractivity (Wildman–Crippen MR) is 116 cm³/mol. The normalized spacial score (nSPS) is 10.3. The highest BCUT2D eigenvalue weighted by Crippen LogP contribution is 2.01. The molecule has 2 aromatic rings. The zero-order valence-corrected chi connectivity index (χ0v) is 17.9. The molecular formula is C23H27N3O6. The fourth-order valence-electron chi connectivity index (χ4n) is 2.58. The van der Waals surface area contributed by atoms with Crippen LogP contribution in [-0.2, 0) is 41.9 Å². The molecule has 0 aromatic heterocycles. The Kier molecular flexibility index (Phi) is 10.4. The molecule has 0 heterocycles. The predicted octanol–water partition coefficient (Wildman–Crippen LogP) is 0.637. The molecule has 9 nitrogen and oxygen atoms in total. The van der Waals surface area contributed by atoms with Crippen LogP contribution in [0, 0.1) is 0 Å². The minimum absolute atomic E-state index is 0.0994. The van der Waals surface area contributed by atoms with Gasteiger partial charge in [-0.25, -0.2) is 0 Å². The summed E-state index contributed by atoms with van der Waals surface area (Å²) in [6, 6.07) is 18.4. The highest BCUT2D eigenvalue weighted by Gasteiger charge is 2.13. The molecule has 2 amide bonds. The van der Waals surface area contributed by atoms with Gasteiger partial charge in [-0.1, -0.05) is 60.7 Å². The number of benzene rings is 2. The molecule has 9 heteroatoms. The van der Waals surface area contributed by atoms with Gasteiger partial charge in [0.15, 0.2) is 0 Å². The van der Waals surface area contributed by atoms with Gasteiger partial charge in [0.1, 0.15) is 26.3 Å². The lowest BCUT2D eigenvalue weighted by atomic mass is 10.2. The van der Waals surface area contributed by atoms with Crippen molar-refractivity contribution in [3.05, 3.63) is 71.8 Å². The van der Waals surface area contributed by atoms with E-state index in [2.05, 4.69) is 10.6 Å². The van der Waals surface area contributed by atoms with E-state index in [1.54, 1.807) is 7.05 Å². The summed E-state index contributed by atoms with van der Waals surface area (Å²) in [5, 5.41) is 4.89. The quantitative estimate of drug-likeness (QED) is 0.465. The first-order valence-electron chi connectivity index (χ1n) is 10.0. The molecule has 0 spiro atoms. The number of carbonyl (C=O) groups excluding carboxylic acids is 4. The van der Waals surface area contributed by atoms with Gasteiger partial charge in [-0.3, -0.25) is 24.1 Å². The summed E-state index contributed by atoms with van der Waals surface area (Å²) in [5.74, 6) is -1.98. The van der Waals surface area contributed by atoms with Crippen LogP contribution in [0.5, 0.6) is 0 Å². The smallest absolute Gasteiger partial charge is 0.325 e. The average Bonchev–Trinajstić information content (AvgIpc) is 2.80. The van der Waals surface area contributed by atoms with E-state index in [9.17, 15) is 19.2 Å². The summed E-state index contributed by atoms with van der Waals surface area (Å²) in [5.41, 5.74) is 1.70. The Labute approximate surface area is 186 Å². The van der Waals surface area contributed by atoms with Gasteiger partial charge in [0, 0.05) is 0 Å². The average molecular weight is 441 g/mol. The molecule has 0 unspecified atom stereocenters. The van der Waals surface area contributed by atoms with Crippen LogP contribution in [0.1, 0.15) is 11.1 Å². The molecular weight excluding hydrogens is 414 g/mol. The van der Waals surface area contributed by atoms with E-state index in [4.69, 9.17) is 9.47 Å². The van der Waals surface area contributed by atoms with Crippen molar-refractivity contribution in [2.24, 2.45) is 0 Å². The Balaban J connectivity index is 1.56. The van der Waals surface area contributed by atoms with Crippen LogP contribution in [0.3, 0.4) is 0 Å². The monoisotopic (exact) mass is 441 g/mol. The molecule has 2 N–H and O–H groups in total. The van der Waals surface area contributed by atoms with E-state index in [0.29, 0.717) is 0 Å². The van der Waals surface area contributed by atoms with Gasteiger partial charge in [0.25, 0.3) is 0 Å². The lowest BCUT2D eigenvalue weighted by molar-refractivity contribution is -0.145. The molecule has 0 aliphatic heterocycles. The van der Waals surface area contributed by atoms with Gasteiger partial charge >= 0.3 is 11.9 Å². The summed E-state index contributed by atoms with van der Waals surface area (Å²) in [7, 11) is 1.57. The van der Waals surface area contributed by atoms with E-state index >= 15 is 0 Å². The van der Waals surface area contributed by atoms with Crippen molar-refractivity contribution >= 4 is 23.8 Å². The van der Waals surface area contributed by atoms with Crippen molar-refractivity contribution in [2.75, 3.05) is 33.2 Å². The molecule has 170 valence electrons. The summed E-state index contributed by atoms with van der Waals surface area (Å²) in [6.07, 6.45) is 0. The second kappa shape index (κ2) is 13.6. The number of rotatable bonds is 12. The number of hydrogen-bond donors (Lipinski definition) is 2. The molecule has 0 radical (unpaired) electrons. The third-order valence-electron chi connectivity index (χ3n) is 4.17. The molecule has 0 aliphatic rings. The minimum atomic E-state index is -0.559. The van der Waals surface area contributed by atoms with Crippen molar-refractivity contribution in [1.29, 1.82) is 0 Å². The zero-order chi connectivity index (χ0) is 23.2. The Bertz CT molecular complexity index is 816. The second-order valence-corrected chi connectivity index (χ2v) is 7.02. The fourth-order valence-corrected chi connectivity index (χ4v) is 2.58. The zero-order valence-electron chi connectivity index (χ0n) is 17.9. The Morgan fingerprint density at radius 3 is 1.44 bits per heavy atom. The van der Waals surface area contributed by atoms with E-state index in [1.165, 1.54) is 4.90 Å². The van der Waals surface area contributed by atoms with E-state index in [1.807, 2.05) is 60.7 Å². The lowest BCUT2D eigenvalue weighted by Crippen LogP contribution is -2.43. The second-order valence-electron chi connectivity index (χ2n) is 7.02. The molecule has 0 atom stereocenters. The SMILES string of the molecule is CN(CC(=O)NCC(=O)OCc1ccccc1)CC(=O)NCC(=O)OCc1ccccc1. The van der Waals surface area contributed by atoms with Crippen LogP contribution in [0.2, 0.25) is 0 Å². The van der Waals surface area contributed by atoms with Gasteiger partial charge in [-0.05, 0) is 18.2 Å². The van der Waals surface area contributed by atoms with Gasteiger partial charge in [0.05, 0.1) is 13.1 Å². The largest absolute Gasteiger partial charge is 0.460 e. The number of ether oxygens (including phenoxy) is 2. The van der Waals surface area contributed by atoms with Crippen LogP contribution in [0.4, 0.5) is 0 Å². The standard InChI is InChI=1S/C23H27N3O6/c1-26(14-20(27)24-12-22(29)31-16-18-8-4-2-5-9-18)15-21(28)25-13-23(30)32-17-19-10-6-3-7-11-19/h2-11H,12-17H2,1H3,(H,24,27)(H,25,28). The third-order valence-corrected chi connectivity index (χ3v) is 4.17. The number of amides is 2. The maximum absolute atomic E-state index is 11.9. The van der Waals surface area contributed by atoms with Crippen LogP contribution >= 0.6 is 0 Å². The first-order chi connectivity index (χ1) is 15.4. The van der Waals surface area contributed by atoms with Crippen LogP contribution in [0.25, 0.3) is 0 Å². The van der Waals surface area contributed by atoms with E-state index in [0.717, 1.165) is 11.1 Å². The number of hydrogen-bond acceptors (Lipinski definition) is 7. The third kappa shape index (κ3) is 10.4. The Morgan fingerprint density at radius 1 is 0.688 bits per heavy atom. The topological polar surface area (TPSA) is 114 Å². The highest BCUT2D eigenvalue weighted by atomic mass is 16.5. The summed E-state index contributed by atoms with van der Waals surface area (Å²) >= 11 is 0. The van der Waals surface area contributed by atoms with Crippen molar-refractivity contribution in [2.45, 2.75) is 13.2 Å². The number of carbonyl (C=O) groups is 4. The van der Waals surface area contributed by atoms with Crippen molar-refractivity contribution in [1.82, 2.24) is 15.5 Å². The maximum Gasteiger partial charge on any atom is 0.325 e. The summed E-state index contributed by atoms with van der Waals surface area (Å²) < 4.78 is 10.2. The first kappa shape index (κ1) is 24.5. The fraction of sp³-hybridized carbons (Fsp3) is 0.304. The number of likely N-dealkylation sites (N-methyl/N-ethyl adjacent to an activating group) is 1. The maximum atomic E-state index is 11.9. The van der Waals surface area contributed by atoms with Gasteiger partial charge in [-0.15, -0.1) is 0 Å². The summed E-state index contributed by atoms with van der Waals surface area (Å²) in [6.45, 7) is -0.472. The van der Waals surface area contributed by atoms with Gasteiger partial charge in [-0.2, -0.15) is 0 Å². The van der Waals surface area contributed by atoms with Crippen molar-refractivity contribution in [3.8, 4) is 0 Å². The first-order valence-corrected chi connectivity index (χ1v) is 10.0. The highest BCUT2D eigenvalue weighted by molar-refractivity contribution is 5.85.